The van der Waals surface area contributed by atoms with Crippen molar-refractivity contribution in [3.63, 3.8) is 0 Å². The van der Waals surface area contributed by atoms with Gasteiger partial charge in [0.05, 0.1) is 26.3 Å². The molecular formula is C37H66N4O6. The van der Waals surface area contributed by atoms with Gasteiger partial charge in [-0.2, -0.15) is 0 Å². The number of aryl methyl sites for hydroxylation is 1. The van der Waals surface area contributed by atoms with Gasteiger partial charge in [0.15, 0.2) is 0 Å². The Bertz CT molecular complexity index is 972. The molecule has 1 atom stereocenters. The number of ether oxygens (including phenoxy) is 3. The number of alkyl carbamates (subject to hydrolysis) is 1. The fourth-order valence-electron chi connectivity index (χ4n) is 5.66. The van der Waals surface area contributed by atoms with E-state index in [1.165, 1.54) is 11.1 Å². The van der Waals surface area contributed by atoms with Crippen LogP contribution in [0, 0.1) is 0 Å². The molecule has 47 heavy (non-hydrogen) atoms. The van der Waals surface area contributed by atoms with Crippen molar-refractivity contribution in [2.75, 3.05) is 72.1 Å². The maximum absolute atomic E-state index is 12.3. The van der Waals surface area contributed by atoms with Gasteiger partial charge in [0.2, 0.25) is 0 Å². The Morgan fingerprint density at radius 2 is 1.23 bits per heavy atom. The van der Waals surface area contributed by atoms with Crippen LogP contribution in [0.1, 0.15) is 98.6 Å². The summed E-state index contributed by atoms with van der Waals surface area (Å²) in [6.45, 7) is 22.6. The highest BCUT2D eigenvalue weighted by Crippen LogP contribution is 2.16. The zero-order chi connectivity index (χ0) is 35.1. The number of esters is 2. The van der Waals surface area contributed by atoms with Crippen molar-refractivity contribution in [1.29, 1.82) is 0 Å². The van der Waals surface area contributed by atoms with Crippen LogP contribution >= 0.6 is 0 Å². The van der Waals surface area contributed by atoms with Crippen molar-refractivity contribution < 1.29 is 28.6 Å². The first-order valence-electron chi connectivity index (χ1n) is 18.0. The fourth-order valence-corrected chi connectivity index (χ4v) is 5.66. The lowest BCUT2D eigenvalue weighted by atomic mass is 10.0. The molecule has 1 aromatic rings. The minimum absolute atomic E-state index is 0.0716. The van der Waals surface area contributed by atoms with Gasteiger partial charge in [-0.3, -0.25) is 19.4 Å². The first-order chi connectivity index (χ1) is 22.4. The molecule has 0 aliphatic carbocycles. The Balaban J connectivity index is 2.85. The normalized spacial score (nSPS) is 12.4. The number of rotatable bonds is 25. The zero-order valence-electron chi connectivity index (χ0n) is 30.9. The van der Waals surface area contributed by atoms with Gasteiger partial charge in [-0.1, -0.05) is 45.0 Å². The van der Waals surface area contributed by atoms with Gasteiger partial charge in [-0.15, -0.1) is 0 Å². The molecular weight excluding hydrogens is 596 g/mol. The van der Waals surface area contributed by atoms with E-state index in [4.69, 9.17) is 14.2 Å². The second-order valence-corrected chi connectivity index (χ2v) is 13.1. The monoisotopic (exact) mass is 662 g/mol. The third-order valence-corrected chi connectivity index (χ3v) is 7.90. The topological polar surface area (TPSA) is 101 Å². The number of hydrogen-bond donors (Lipinski definition) is 1. The van der Waals surface area contributed by atoms with Crippen LogP contribution in [0.4, 0.5) is 4.79 Å². The largest absolute Gasteiger partial charge is 0.465 e. The van der Waals surface area contributed by atoms with E-state index in [0.29, 0.717) is 32.3 Å². The van der Waals surface area contributed by atoms with Crippen molar-refractivity contribution >= 4 is 18.0 Å². The van der Waals surface area contributed by atoms with Crippen molar-refractivity contribution in [3.8, 4) is 0 Å². The number of nitrogens with one attached hydrogen (secondary N) is 1. The third-order valence-electron chi connectivity index (χ3n) is 7.90. The van der Waals surface area contributed by atoms with Crippen molar-refractivity contribution in [2.45, 2.75) is 112 Å². The number of carbonyl (C=O) groups excluding carboxylic acids is 3. The summed E-state index contributed by atoms with van der Waals surface area (Å²) in [6.07, 6.45) is 6.78. The van der Waals surface area contributed by atoms with E-state index in [9.17, 15) is 14.4 Å². The van der Waals surface area contributed by atoms with E-state index in [1.807, 2.05) is 25.7 Å². The van der Waals surface area contributed by atoms with Crippen LogP contribution in [0.15, 0.2) is 24.3 Å². The minimum Gasteiger partial charge on any atom is -0.465 e. The van der Waals surface area contributed by atoms with Crippen LogP contribution < -0.4 is 5.32 Å². The van der Waals surface area contributed by atoms with Crippen molar-refractivity contribution in [1.82, 2.24) is 20.0 Å². The average molecular weight is 663 g/mol. The van der Waals surface area contributed by atoms with E-state index in [2.05, 4.69) is 60.2 Å². The van der Waals surface area contributed by atoms with Crippen LogP contribution in [0.2, 0.25) is 0 Å². The molecule has 1 unspecified atom stereocenters. The van der Waals surface area contributed by atoms with E-state index in [0.717, 1.165) is 77.7 Å². The van der Waals surface area contributed by atoms with Crippen LogP contribution in [-0.2, 0) is 36.6 Å². The van der Waals surface area contributed by atoms with Crippen molar-refractivity contribution in [2.24, 2.45) is 0 Å². The lowest BCUT2D eigenvalue weighted by Gasteiger charge is -2.35. The highest BCUT2D eigenvalue weighted by molar-refractivity contribution is 5.75. The first kappa shape index (κ1) is 42.3. The van der Waals surface area contributed by atoms with Gasteiger partial charge >= 0.3 is 18.0 Å². The Morgan fingerprint density at radius 1 is 0.723 bits per heavy atom. The van der Waals surface area contributed by atoms with Crippen LogP contribution in [-0.4, -0.2) is 116 Å². The highest BCUT2D eigenvalue weighted by atomic mass is 16.6. The van der Waals surface area contributed by atoms with Gasteiger partial charge in [0.25, 0.3) is 0 Å². The van der Waals surface area contributed by atoms with Gasteiger partial charge in [0.1, 0.15) is 5.60 Å². The van der Waals surface area contributed by atoms with Gasteiger partial charge in [-0.25, -0.2) is 4.79 Å². The molecule has 1 rings (SSSR count). The summed E-state index contributed by atoms with van der Waals surface area (Å²) in [6, 6.07) is 9.07. The SMILES string of the molecule is CCCN(CCC)CCN(CCN(CC(=O)OCC)CC(=O)OCC)C(CC)CCCc1ccc(CCNC(=O)OC(C)(C)C)cc1. The molecule has 10 heteroatoms. The average Bonchev–Trinajstić information content (AvgIpc) is 3.00. The fraction of sp³-hybridized carbons (Fsp3) is 0.757. The first-order valence-corrected chi connectivity index (χ1v) is 18.0. The molecule has 270 valence electrons. The summed E-state index contributed by atoms with van der Waals surface area (Å²) < 4.78 is 15.7. The minimum atomic E-state index is -0.501. The Labute approximate surface area is 285 Å². The van der Waals surface area contributed by atoms with E-state index >= 15 is 0 Å². The van der Waals surface area contributed by atoms with Crippen LogP contribution in [0.5, 0.6) is 0 Å². The van der Waals surface area contributed by atoms with Crippen LogP contribution in [0.3, 0.4) is 0 Å². The number of hydrogen-bond acceptors (Lipinski definition) is 9. The molecule has 0 fully saturated rings. The standard InChI is InChI=1S/C37H66N4O6/c1-9-23-39(24-10-2)25-27-41(28-26-40(29-34(42)45-12-4)30-35(43)46-13-5)33(11-3)16-14-15-31-17-19-32(20-18-31)21-22-38-36(44)47-37(6,7)8/h17-20,33H,9-16,21-30H2,1-8H3,(H,38,44). The predicted molar refractivity (Wildman–Crippen MR) is 190 cm³/mol. The zero-order valence-corrected chi connectivity index (χ0v) is 30.9. The molecule has 0 saturated heterocycles. The Morgan fingerprint density at radius 3 is 1.70 bits per heavy atom. The van der Waals surface area contributed by atoms with Gasteiger partial charge in [-0.05, 0) is 104 Å². The second-order valence-electron chi connectivity index (χ2n) is 13.1. The molecule has 10 nitrogen and oxygen atoms in total. The molecule has 1 amide bonds. The molecule has 0 heterocycles. The summed E-state index contributed by atoms with van der Waals surface area (Å²) >= 11 is 0. The quantitative estimate of drug-likeness (QED) is 0.104. The van der Waals surface area contributed by atoms with Crippen molar-refractivity contribution in [3.05, 3.63) is 35.4 Å². The number of amides is 1. The van der Waals surface area contributed by atoms with E-state index in [-0.39, 0.29) is 31.1 Å². The smallest absolute Gasteiger partial charge is 0.407 e. The molecule has 0 spiro atoms. The molecule has 0 radical (unpaired) electrons. The molecule has 0 aromatic heterocycles. The molecule has 0 saturated carbocycles. The number of nitrogens with zero attached hydrogens (tertiary/aromatic N) is 3. The van der Waals surface area contributed by atoms with Crippen LogP contribution in [0.25, 0.3) is 0 Å². The molecule has 0 aliphatic heterocycles. The van der Waals surface area contributed by atoms with Gasteiger partial charge in [0, 0.05) is 38.8 Å². The number of carbonyl (C=O) groups is 3. The molecule has 0 aliphatic rings. The summed E-state index contributed by atoms with van der Waals surface area (Å²) in [4.78, 5) is 43.6. The highest BCUT2D eigenvalue weighted by Gasteiger charge is 2.22. The third kappa shape index (κ3) is 20.3. The summed E-state index contributed by atoms with van der Waals surface area (Å²) in [7, 11) is 0. The van der Waals surface area contributed by atoms with E-state index in [1.54, 1.807) is 13.8 Å². The Kier molecular flexibility index (Phi) is 22.0. The lowest BCUT2D eigenvalue weighted by Crippen LogP contribution is -2.46. The molecule has 0 bridgehead atoms. The Hall–Kier alpha value is -2.69. The number of benzene rings is 1. The second kappa shape index (κ2) is 24.5. The molecule has 1 aromatic carbocycles. The molecule has 1 N–H and O–H groups in total. The maximum atomic E-state index is 12.3. The van der Waals surface area contributed by atoms with Gasteiger partial charge < -0.3 is 24.4 Å². The summed E-state index contributed by atoms with van der Waals surface area (Å²) in [5.41, 5.74) is 1.99. The predicted octanol–water partition coefficient (Wildman–Crippen LogP) is 5.71. The lowest BCUT2D eigenvalue weighted by molar-refractivity contribution is -0.148. The summed E-state index contributed by atoms with van der Waals surface area (Å²) in [5, 5.41) is 2.83. The van der Waals surface area contributed by atoms with E-state index < -0.39 is 5.60 Å². The maximum Gasteiger partial charge on any atom is 0.407 e. The summed E-state index contributed by atoms with van der Waals surface area (Å²) in [5.74, 6) is -0.643.